The Kier molecular flexibility index (Phi) is 5.61. The largest absolute Gasteiger partial charge is 0.381 e. The van der Waals surface area contributed by atoms with Crippen molar-refractivity contribution in [3.05, 3.63) is 103 Å². The van der Waals surface area contributed by atoms with Gasteiger partial charge in [0.15, 0.2) is 0 Å². The van der Waals surface area contributed by atoms with Crippen molar-refractivity contribution in [2.45, 2.75) is 25.4 Å². The minimum Gasteiger partial charge on any atom is -0.381 e. The van der Waals surface area contributed by atoms with Crippen molar-refractivity contribution in [2.24, 2.45) is 0 Å². The molecule has 1 aliphatic rings. The minimum absolute atomic E-state index is 0.0296. The lowest BCUT2D eigenvalue weighted by atomic mass is 10.1. The first-order valence-corrected chi connectivity index (χ1v) is 10.8. The van der Waals surface area contributed by atoms with E-state index in [1.165, 1.54) is 0 Å². The highest BCUT2D eigenvalue weighted by molar-refractivity contribution is 5.95. The second kappa shape index (κ2) is 9.01. The predicted octanol–water partition coefficient (Wildman–Crippen LogP) is 4.25. The number of nitrogens with zero attached hydrogens (tertiary/aromatic N) is 5. The highest BCUT2D eigenvalue weighted by atomic mass is 16.2. The summed E-state index contributed by atoms with van der Waals surface area (Å²) in [5.41, 5.74) is 3.59. The summed E-state index contributed by atoms with van der Waals surface area (Å²) in [5, 5.41) is 3.38. The number of amides is 1. The third-order valence-electron chi connectivity index (χ3n) is 5.71. The molecule has 0 radical (unpaired) electrons. The molecule has 1 aliphatic heterocycles. The number of benzene rings is 1. The fourth-order valence-electron chi connectivity index (χ4n) is 4.12. The van der Waals surface area contributed by atoms with Crippen LogP contribution >= 0.6 is 0 Å². The summed E-state index contributed by atoms with van der Waals surface area (Å²) >= 11 is 0. The summed E-state index contributed by atoms with van der Waals surface area (Å²) in [5.74, 6) is 0.841. The Morgan fingerprint density at radius 1 is 1.06 bits per heavy atom. The maximum Gasteiger partial charge on any atom is 0.254 e. The molecule has 32 heavy (non-hydrogen) atoms. The van der Waals surface area contributed by atoms with Gasteiger partial charge in [0.1, 0.15) is 12.1 Å². The fraction of sp³-hybridized carbons (Fsp3) is 0.200. The van der Waals surface area contributed by atoms with Gasteiger partial charge in [-0.2, -0.15) is 0 Å². The fourth-order valence-corrected chi connectivity index (χ4v) is 4.12. The number of aromatic nitrogens is 4. The zero-order valence-corrected chi connectivity index (χ0v) is 17.6. The summed E-state index contributed by atoms with van der Waals surface area (Å²) in [7, 11) is 0. The van der Waals surface area contributed by atoms with Crippen LogP contribution in [-0.4, -0.2) is 36.9 Å². The number of carbonyl (C=O) groups excluding carboxylic acids is 1. The molecule has 0 spiro atoms. The molecule has 5 rings (SSSR count). The number of nitrogens with one attached hydrogen (secondary N) is 1. The van der Waals surface area contributed by atoms with Crippen molar-refractivity contribution >= 4 is 11.6 Å². The van der Waals surface area contributed by atoms with Gasteiger partial charge in [-0.15, -0.1) is 0 Å². The molecule has 0 bridgehead atoms. The number of rotatable bonds is 6. The SMILES string of the molecule is O=C(c1cccc(NCc2cccnc2)c1)N1CCC[C@@H]1c1cccc(-n2ccnc2)n1. The van der Waals surface area contributed by atoms with Gasteiger partial charge in [-0.25, -0.2) is 9.97 Å². The van der Waals surface area contributed by atoms with E-state index in [4.69, 9.17) is 4.98 Å². The number of hydrogen-bond acceptors (Lipinski definition) is 5. The van der Waals surface area contributed by atoms with Gasteiger partial charge < -0.3 is 10.2 Å². The molecule has 1 fully saturated rings. The first-order chi connectivity index (χ1) is 15.8. The summed E-state index contributed by atoms with van der Waals surface area (Å²) in [4.78, 5) is 28.4. The molecule has 1 N–H and O–H groups in total. The van der Waals surface area contributed by atoms with Crippen molar-refractivity contribution in [1.29, 1.82) is 0 Å². The molecule has 1 atom stereocenters. The van der Waals surface area contributed by atoms with Crippen molar-refractivity contribution in [1.82, 2.24) is 24.4 Å². The number of anilines is 1. The smallest absolute Gasteiger partial charge is 0.254 e. The lowest BCUT2D eigenvalue weighted by molar-refractivity contribution is 0.0733. The molecule has 1 saturated heterocycles. The Morgan fingerprint density at radius 3 is 2.84 bits per heavy atom. The maximum atomic E-state index is 13.4. The average Bonchev–Trinajstić information content (AvgIpc) is 3.56. The normalized spacial score (nSPS) is 15.6. The second-order valence-corrected chi connectivity index (χ2v) is 7.84. The molecular formula is C25H24N6O. The van der Waals surface area contributed by atoms with Crippen LogP contribution in [0, 0.1) is 0 Å². The van der Waals surface area contributed by atoms with Crippen LogP contribution in [0.3, 0.4) is 0 Å². The molecule has 0 saturated carbocycles. The Balaban J connectivity index is 1.33. The standard InChI is InChI=1S/C25H24N6O/c32-25(20-6-1-7-21(15-20)28-17-19-5-3-11-26-16-19)31-13-4-9-23(31)22-8-2-10-24(29-22)30-14-12-27-18-30/h1-3,5-8,10-12,14-16,18,23,28H,4,9,13,17H2/t23-/m1/s1. The molecule has 0 aliphatic carbocycles. The van der Waals surface area contributed by atoms with Crippen LogP contribution in [0.4, 0.5) is 5.69 Å². The quantitative estimate of drug-likeness (QED) is 0.501. The predicted molar refractivity (Wildman–Crippen MR) is 122 cm³/mol. The van der Waals surface area contributed by atoms with Crippen molar-refractivity contribution in [3.8, 4) is 5.82 Å². The summed E-state index contributed by atoms with van der Waals surface area (Å²) in [6.45, 7) is 1.39. The number of pyridine rings is 2. The monoisotopic (exact) mass is 424 g/mol. The van der Waals surface area contributed by atoms with Gasteiger partial charge in [-0.3, -0.25) is 14.3 Å². The van der Waals surface area contributed by atoms with E-state index in [0.29, 0.717) is 12.1 Å². The summed E-state index contributed by atoms with van der Waals surface area (Å²) < 4.78 is 1.88. The lowest BCUT2D eigenvalue weighted by Gasteiger charge is -2.25. The number of imidazole rings is 1. The first kappa shape index (κ1) is 19.9. The summed E-state index contributed by atoms with van der Waals surface area (Å²) in [6.07, 6.45) is 10.8. The summed E-state index contributed by atoms with van der Waals surface area (Å²) in [6, 6.07) is 17.5. The Morgan fingerprint density at radius 2 is 2.00 bits per heavy atom. The van der Waals surface area contributed by atoms with E-state index in [0.717, 1.165) is 42.1 Å². The van der Waals surface area contributed by atoms with E-state index >= 15 is 0 Å². The Bertz CT molecular complexity index is 1190. The van der Waals surface area contributed by atoms with Gasteiger partial charge in [-0.05, 0) is 54.8 Å². The zero-order chi connectivity index (χ0) is 21.8. The molecule has 4 aromatic rings. The Labute approximate surface area is 186 Å². The van der Waals surface area contributed by atoms with Gasteiger partial charge in [0, 0.05) is 49.1 Å². The van der Waals surface area contributed by atoms with Crippen molar-refractivity contribution < 1.29 is 4.79 Å². The average molecular weight is 425 g/mol. The molecule has 160 valence electrons. The Hall–Kier alpha value is -4.00. The zero-order valence-electron chi connectivity index (χ0n) is 17.6. The van der Waals surface area contributed by atoms with E-state index in [-0.39, 0.29) is 11.9 Å². The highest BCUT2D eigenvalue weighted by Gasteiger charge is 2.31. The van der Waals surface area contributed by atoms with Crippen LogP contribution in [0.5, 0.6) is 0 Å². The maximum absolute atomic E-state index is 13.4. The molecule has 7 heteroatoms. The van der Waals surface area contributed by atoms with Crippen molar-refractivity contribution in [2.75, 3.05) is 11.9 Å². The molecule has 1 aromatic carbocycles. The van der Waals surface area contributed by atoms with E-state index < -0.39 is 0 Å². The van der Waals surface area contributed by atoms with Crippen LogP contribution in [0.2, 0.25) is 0 Å². The van der Waals surface area contributed by atoms with Gasteiger partial charge in [0.05, 0.1) is 11.7 Å². The third-order valence-corrected chi connectivity index (χ3v) is 5.71. The number of carbonyl (C=O) groups is 1. The number of likely N-dealkylation sites (tertiary alicyclic amines) is 1. The molecule has 4 heterocycles. The van der Waals surface area contributed by atoms with Gasteiger partial charge in [0.25, 0.3) is 5.91 Å². The lowest BCUT2D eigenvalue weighted by Crippen LogP contribution is -2.31. The van der Waals surface area contributed by atoms with Gasteiger partial charge in [-0.1, -0.05) is 18.2 Å². The minimum atomic E-state index is -0.0296. The van der Waals surface area contributed by atoms with Crippen LogP contribution < -0.4 is 5.32 Å². The van der Waals surface area contributed by atoms with E-state index in [2.05, 4.69) is 15.3 Å². The number of hydrogen-bond donors (Lipinski definition) is 1. The van der Waals surface area contributed by atoms with Crippen molar-refractivity contribution in [3.63, 3.8) is 0 Å². The third kappa shape index (κ3) is 4.23. The van der Waals surface area contributed by atoms with Crippen LogP contribution in [-0.2, 0) is 6.54 Å². The van der Waals surface area contributed by atoms with Crippen LogP contribution in [0.15, 0.2) is 85.7 Å². The first-order valence-electron chi connectivity index (χ1n) is 10.8. The van der Waals surface area contributed by atoms with Crippen LogP contribution in [0.1, 0.15) is 40.5 Å². The molecule has 7 nitrogen and oxygen atoms in total. The van der Waals surface area contributed by atoms with Gasteiger partial charge in [0.2, 0.25) is 0 Å². The molecule has 0 unspecified atom stereocenters. The van der Waals surface area contributed by atoms with Crippen LogP contribution in [0.25, 0.3) is 5.82 Å². The van der Waals surface area contributed by atoms with Gasteiger partial charge >= 0.3 is 0 Å². The highest BCUT2D eigenvalue weighted by Crippen LogP contribution is 2.32. The molecular weight excluding hydrogens is 400 g/mol. The topological polar surface area (TPSA) is 75.9 Å². The van der Waals surface area contributed by atoms with E-state index in [1.807, 2.05) is 76.5 Å². The van der Waals surface area contributed by atoms with E-state index in [1.54, 1.807) is 18.7 Å². The van der Waals surface area contributed by atoms with E-state index in [9.17, 15) is 4.79 Å². The molecule has 3 aromatic heterocycles. The second-order valence-electron chi connectivity index (χ2n) is 7.84. The molecule has 1 amide bonds.